The van der Waals surface area contributed by atoms with Crippen molar-refractivity contribution in [3.8, 4) is 11.1 Å². The van der Waals surface area contributed by atoms with Crippen molar-refractivity contribution in [1.82, 2.24) is 0 Å². The van der Waals surface area contributed by atoms with Gasteiger partial charge in [0.05, 0.1) is 35.5 Å². The van der Waals surface area contributed by atoms with Gasteiger partial charge in [0.15, 0.2) is 17.4 Å². The highest BCUT2D eigenvalue weighted by atomic mass is 28.4. The number of carboxylic acids is 2. The van der Waals surface area contributed by atoms with Crippen LogP contribution in [0, 0.1) is 0 Å². The van der Waals surface area contributed by atoms with Crippen molar-refractivity contribution < 1.29 is 52.5 Å². The molecule has 0 aliphatic rings. The van der Waals surface area contributed by atoms with E-state index in [2.05, 4.69) is 39.3 Å². The first-order chi connectivity index (χ1) is 21.7. The lowest BCUT2D eigenvalue weighted by atomic mass is 9.96. The van der Waals surface area contributed by atoms with Crippen LogP contribution < -0.4 is 0 Å². The molecule has 2 N–H and O–H groups in total. The van der Waals surface area contributed by atoms with Crippen LogP contribution in [0.2, 0.25) is 51.4 Å². The molecule has 11 nitrogen and oxygen atoms in total. The maximum Gasteiger partial charge on any atom is 0.339 e. The standard InChI is InChI=1S/C32H46O11Si3/c1-44(2)19-7-13-39-15-18-42-32(38)28-22-24(9-11-25(28)29(33)34)23-10-12-26(27(21-23)30(35)36)31(37)41-17-16-40-14-8-20-46(5,6)43-45(3)4/h9-12,21-22H,7-8,13-20H2,1-6H3,(H,33,34)(H,35,36). The van der Waals surface area contributed by atoms with Crippen molar-refractivity contribution in [3.63, 3.8) is 0 Å². The van der Waals surface area contributed by atoms with E-state index in [0.717, 1.165) is 24.9 Å². The average Bonchev–Trinajstić information content (AvgIpc) is 2.98. The molecule has 0 aliphatic heterocycles. The first kappa shape index (κ1) is 39.0. The van der Waals surface area contributed by atoms with E-state index in [1.165, 1.54) is 36.4 Å². The van der Waals surface area contributed by atoms with Gasteiger partial charge in [-0.2, -0.15) is 0 Å². The van der Waals surface area contributed by atoms with Gasteiger partial charge in [0.1, 0.15) is 13.2 Å². The Morgan fingerprint density at radius 1 is 0.652 bits per heavy atom. The van der Waals surface area contributed by atoms with Crippen LogP contribution in [-0.2, 0) is 23.1 Å². The highest BCUT2D eigenvalue weighted by molar-refractivity contribution is 6.77. The summed E-state index contributed by atoms with van der Waals surface area (Å²) in [5, 5.41) is 19.5. The fourth-order valence-corrected chi connectivity index (χ4v) is 11.3. The van der Waals surface area contributed by atoms with Crippen molar-refractivity contribution in [3.05, 3.63) is 58.7 Å². The number of esters is 2. The largest absolute Gasteiger partial charge is 0.478 e. The normalized spacial score (nSPS) is 11.6. The molecule has 0 unspecified atom stereocenters. The Morgan fingerprint density at radius 3 is 1.67 bits per heavy atom. The molecule has 0 amide bonds. The second-order valence-corrected chi connectivity index (χ2v) is 21.4. The smallest absolute Gasteiger partial charge is 0.339 e. The predicted molar refractivity (Wildman–Crippen MR) is 180 cm³/mol. The Balaban J connectivity index is 2.03. The van der Waals surface area contributed by atoms with Gasteiger partial charge in [0.25, 0.3) is 0 Å². The number of hydrogen-bond acceptors (Lipinski definition) is 9. The number of aromatic carboxylic acids is 2. The zero-order valence-corrected chi connectivity index (χ0v) is 30.6. The minimum Gasteiger partial charge on any atom is -0.478 e. The number of ether oxygens (including phenoxy) is 4. The van der Waals surface area contributed by atoms with E-state index in [4.69, 9.17) is 23.1 Å². The fraction of sp³-hybridized carbons (Fsp3) is 0.500. The number of carbonyl (C=O) groups excluding carboxylic acids is 2. The van der Waals surface area contributed by atoms with Gasteiger partial charge in [-0.1, -0.05) is 31.3 Å². The summed E-state index contributed by atoms with van der Waals surface area (Å²) in [6, 6.07) is 10.2. The molecule has 0 aliphatic carbocycles. The van der Waals surface area contributed by atoms with Gasteiger partial charge in [-0.15, -0.1) is 0 Å². The van der Waals surface area contributed by atoms with Crippen LogP contribution in [0.25, 0.3) is 11.1 Å². The quantitative estimate of drug-likeness (QED) is 0.0886. The molecular weight excluding hydrogens is 645 g/mol. The van der Waals surface area contributed by atoms with E-state index in [9.17, 15) is 29.4 Å². The van der Waals surface area contributed by atoms with Crippen LogP contribution in [0.4, 0.5) is 0 Å². The van der Waals surface area contributed by atoms with Gasteiger partial charge in [-0.05, 0) is 80.5 Å². The molecule has 2 aromatic rings. The molecule has 0 atom stereocenters. The number of carbonyl (C=O) groups is 4. The van der Waals surface area contributed by atoms with Gasteiger partial charge < -0.3 is 33.3 Å². The van der Waals surface area contributed by atoms with Crippen LogP contribution >= 0.6 is 0 Å². The SMILES string of the molecule is C[Si](C)CCCOCCOC(=O)c1cc(-c2ccc(C(=O)OCCOCCC[Si](C)(C)O[Si](C)C)c(C(=O)O)c2)ccc1C(=O)O. The van der Waals surface area contributed by atoms with Gasteiger partial charge in [0.2, 0.25) is 0 Å². The number of rotatable bonds is 21. The van der Waals surface area contributed by atoms with Crippen LogP contribution in [0.3, 0.4) is 0 Å². The topological polar surface area (TPSA) is 155 Å². The predicted octanol–water partition coefficient (Wildman–Crippen LogP) is 6.10. The molecule has 0 saturated heterocycles. The summed E-state index contributed by atoms with van der Waals surface area (Å²) in [6.45, 7) is 14.4. The molecular formula is C32H46O11Si3. The molecule has 0 bridgehead atoms. The minimum absolute atomic E-state index is 0.0414. The maximum absolute atomic E-state index is 12.8. The van der Waals surface area contributed by atoms with Crippen molar-refractivity contribution in [2.24, 2.45) is 0 Å². The van der Waals surface area contributed by atoms with Crippen LogP contribution in [0.5, 0.6) is 0 Å². The van der Waals surface area contributed by atoms with Crippen LogP contribution in [0.1, 0.15) is 54.3 Å². The minimum atomic E-state index is -1.70. The molecule has 2 aromatic carbocycles. The summed E-state index contributed by atoms with van der Waals surface area (Å²) in [5.74, 6) is -4.31. The number of carboxylic acid groups (broad SMARTS) is 2. The van der Waals surface area contributed by atoms with Gasteiger partial charge in [0, 0.05) is 22.0 Å². The van der Waals surface area contributed by atoms with E-state index in [-0.39, 0.29) is 57.5 Å². The lowest BCUT2D eigenvalue weighted by molar-refractivity contribution is 0.0310. The van der Waals surface area contributed by atoms with Crippen LogP contribution in [0.15, 0.2) is 36.4 Å². The summed E-state index contributed by atoms with van der Waals surface area (Å²) in [4.78, 5) is 49.4. The third-order valence-electron chi connectivity index (χ3n) is 6.71. The Labute approximate surface area is 275 Å². The first-order valence-corrected chi connectivity index (χ1v) is 23.5. The zero-order chi connectivity index (χ0) is 34.3. The highest BCUT2D eigenvalue weighted by Gasteiger charge is 2.24. The van der Waals surface area contributed by atoms with E-state index in [1.807, 2.05) is 0 Å². The first-order valence-electron chi connectivity index (χ1n) is 15.2. The highest BCUT2D eigenvalue weighted by Crippen LogP contribution is 2.27. The third-order valence-corrected chi connectivity index (χ3v) is 13.5. The Kier molecular flexibility index (Phi) is 16.5. The molecule has 0 heterocycles. The molecule has 252 valence electrons. The van der Waals surface area contributed by atoms with Gasteiger partial charge in [-0.25, -0.2) is 19.2 Å². The maximum atomic E-state index is 12.8. The Bertz CT molecular complexity index is 1330. The average molecular weight is 691 g/mol. The van der Waals surface area contributed by atoms with Crippen molar-refractivity contribution in [2.45, 2.75) is 64.2 Å². The molecule has 14 heteroatoms. The molecule has 2 radical (unpaired) electrons. The molecule has 0 saturated carbocycles. The lowest BCUT2D eigenvalue weighted by Gasteiger charge is -2.25. The van der Waals surface area contributed by atoms with Crippen LogP contribution in [-0.4, -0.2) is 99.9 Å². The van der Waals surface area contributed by atoms with E-state index >= 15 is 0 Å². The van der Waals surface area contributed by atoms with E-state index in [1.54, 1.807) is 0 Å². The second-order valence-electron chi connectivity index (χ2n) is 11.8. The van der Waals surface area contributed by atoms with Gasteiger partial charge >= 0.3 is 23.9 Å². The molecule has 0 aromatic heterocycles. The summed E-state index contributed by atoms with van der Waals surface area (Å²) in [5.41, 5.74) is -0.163. The van der Waals surface area contributed by atoms with Gasteiger partial charge in [-0.3, -0.25) is 0 Å². The van der Waals surface area contributed by atoms with E-state index in [0.29, 0.717) is 24.3 Å². The molecule has 0 spiro atoms. The second kappa shape index (κ2) is 19.5. The van der Waals surface area contributed by atoms with Crippen molar-refractivity contribution in [1.29, 1.82) is 0 Å². The zero-order valence-electron chi connectivity index (χ0n) is 27.6. The summed E-state index contributed by atoms with van der Waals surface area (Å²) < 4.78 is 27.7. The van der Waals surface area contributed by atoms with Crippen molar-refractivity contribution >= 4 is 50.0 Å². The summed E-state index contributed by atoms with van der Waals surface area (Å²) in [7, 11) is -2.77. The number of benzene rings is 2. The van der Waals surface area contributed by atoms with Crippen molar-refractivity contribution in [2.75, 3.05) is 39.6 Å². The Hall–Kier alpha value is -3.15. The molecule has 2 rings (SSSR count). The lowest BCUT2D eigenvalue weighted by Crippen LogP contribution is -2.35. The monoisotopic (exact) mass is 690 g/mol. The fourth-order valence-electron chi connectivity index (χ4n) is 4.64. The molecule has 0 fully saturated rings. The van der Waals surface area contributed by atoms with E-state index < -0.39 is 41.2 Å². The summed E-state index contributed by atoms with van der Waals surface area (Å²) in [6.07, 6.45) is 1.77. The third kappa shape index (κ3) is 13.7. The number of hydrogen-bond donors (Lipinski definition) is 2. The Morgan fingerprint density at radius 2 is 1.15 bits per heavy atom. The summed E-state index contributed by atoms with van der Waals surface area (Å²) >= 11 is 0. The molecule has 46 heavy (non-hydrogen) atoms.